The third-order valence-corrected chi connectivity index (χ3v) is 4.56. The molecule has 0 atom stereocenters. The van der Waals surface area contributed by atoms with Gasteiger partial charge in [-0.15, -0.1) is 0 Å². The molecular formula is C19H21FN4O3. The third-order valence-electron chi connectivity index (χ3n) is 4.56. The van der Waals surface area contributed by atoms with Gasteiger partial charge in [0.15, 0.2) is 0 Å². The van der Waals surface area contributed by atoms with Gasteiger partial charge in [0.1, 0.15) is 11.5 Å². The van der Waals surface area contributed by atoms with Crippen molar-refractivity contribution in [3.63, 3.8) is 0 Å². The predicted molar refractivity (Wildman–Crippen MR) is 102 cm³/mol. The molecule has 0 bridgehead atoms. The molecule has 142 valence electrons. The van der Waals surface area contributed by atoms with Crippen molar-refractivity contribution >= 4 is 23.0 Å². The Morgan fingerprint density at radius 1 is 1.15 bits per heavy atom. The molecule has 3 rings (SSSR count). The molecule has 2 aromatic rings. The van der Waals surface area contributed by atoms with Crippen molar-refractivity contribution < 1.29 is 14.1 Å². The lowest BCUT2D eigenvalue weighted by Gasteiger charge is -2.35. The summed E-state index contributed by atoms with van der Waals surface area (Å²) < 4.78 is 13.0. The molecule has 0 aliphatic carbocycles. The SMILES string of the molecule is Cc1ccc(NC(=O)CN2CCN(c3ccc(F)cc3)CC2)c([N+](=O)[O-])c1. The van der Waals surface area contributed by atoms with Crippen molar-refractivity contribution in [1.82, 2.24) is 4.90 Å². The van der Waals surface area contributed by atoms with Crippen LogP contribution >= 0.6 is 0 Å². The van der Waals surface area contributed by atoms with Crippen LogP contribution in [0.25, 0.3) is 0 Å². The second-order valence-corrected chi connectivity index (χ2v) is 6.57. The number of hydrogen-bond acceptors (Lipinski definition) is 5. The number of aryl methyl sites for hydroxylation is 1. The lowest BCUT2D eigenvalue weighted by Crippen LogP contribution is -2.48. The molecule has 1 heterocycles. The molecule has 1 amide bonds. The van der Waals surface area contributed by atoms with Gasteiger partial charge >= 0.3 is 0 Å². The van der Waals surface area contributed by atoms with Crippen molar-refractivity contribution in [3.8, 4) is 0 Å². The number of nitrogens with one attached hydrogen (secondary N) is 1. The summed E-state index contributed by atoms with van der Waals surface area (Å²) in [5.74, 6) is -0.545. The number of carbonyl (C=O) groups is 1. The first kappa shape index (κ1) is 18.8. The molecule has 0 radical (unpaired) electrons. The van der Waals surface area contributed by atoms with E-state index in [4.69, 9.17) is 0 Å². The molecule has 2 aromatic carbocycles. The van der Waals surface area contributed by atoms with Gasteiger partial charge < -0.3 is 10.2 Å². The van der Waals surface area contributed by atoms with E-state index in [1.807, 2.05) is 4.90 Å². The van der Waals surface area contributed by atoms with E-state index < -0.39 is 4.92 Å². The lowest BCUT2D eigenvalue weighted by atomic mass is 10.2. The van der Waals surface area contributed by atoms with Crippen LogP contribution in [0.2, 0.25) is 0 Å². The van der Waals surface area contributed by atoms with Crippen molar-refractivity contribution in [2.24, 2.45) is 0 Å². The lowest BCUT2D eigenvalue weighted by molar-refractivity contribution is -0.384. The number of nitro groups is 1. The number of piperazine rings is 1. The minimum Gasteiger partial charge on any atom is -0.369 e. The molecule has 1 saturated heterocycles. The Morgan fingerprint density at radius 2 is 1.81 bits per heavy atom. The van der Waals surface area contributed by atoms with E-state index in [1.165, 1.54) is 18.2 Å². The molecule has 27 heavy (non-hydrogen) atoms. The molecule has 7 nitrogen and oxygen atoms in total. The van der Waals surface area contributed by atoms with Gasteiger partial charge in [0.2, 0.25) is 5.91 Å². The monoisotopic (exact) mass is 372 g/mol. The molecule has 0 saturated carbocycles. The highest BCUT2D eigenvalue weighted by atomic mass is 19.1. The van der Waals surface area contributed by atoms with Crippen LogP contribution in [-0.4, -0.2) is 48.5 Å². The minimum atomic E-state index is -0.496. The van der Waals surface area contributed by atoms with Crippen molar-refractivity contribution in [1.29, 1.82) is 0 Å². The van der Waals surface area contributed by atoms with Crippen LogP contribution in [-0.2, 0) is 4.79 Å². The number of nitro benzene ring substituents is 1. The first-order valence-electron chi connectivity index (χ1n) is 8.70. The Morgan fingerprint density at radius 3 is 2.44 bits per heavy atom. The zero-order valence-corrected chi connectivity index (χ0v) is 15.0. The molecule has 0 unspecified atom stereocenters. The van der Waals surface area contributed by atoms with E-state index in [0.717, 1.165) is 24.3 Å². The van der Waals surface area contributed by atoms with Crippen molar-refractivity contribution in [3.05, 3.63) is 64.0 Å². The fraction of sp³-hybridized carbons (Fsp3) is 0.316. The maximum Gasteiger partial charge on any atom is 0.293 e. The molecular weight excluding hydrogens is 351 g/mol. The molecule has 0 spiro atoms. The number of anilines is 2. The summed E-state index contributed by atoms with van der Waals surface area (Å²) >= 11 is 0. The highest BCUT2D eigenvalue weighted by Crippen LogP contribution is 2.25. The fourth-order valence-electron chi connectivity index (χ4n) is 3.11. The Kier molecular flexibility index (Phi) is 5.66. The number of halogens is 1. The average Bonchev–Trinajstić information content (AvgIpc) is 2.64. The van der Waals surface area contributed by atoms with Crippen LogP contribution in [0.15, 0.2) is 42.5 Å². The topological polar surface area (TPSA) is 78.7 Å². The Bertz CT molecular complexity index is 833. The smallest absolute Gasteiger partial charge is 0.293 e. The van der Waals surface area contributed by atoms with E-state index in [2.05, 4.69) is 10.2 Å². The van der Waals surface area contributed by atoms with Crippen molar-refractivity contribution in [2.75, 3.05) is 42.9 Å². The number of rotatable bonds is 5. The standard InChI is InChI=1S/C19H21FN4O3/c1-14-2-7-17(18(12-14)24(26)27)21-19(25)13-22-8-10-23(11-9-22)16-5-3-15(20)4-6-16/h2-7,12H,8-11,13H2,1H3,(H,21,25). The molecule has 1 aliphatic rings. The molecule has 0 aromatic heterocycles. The molecule has 1 fully saturated rings. The van der Waals surface area contributed by atoms with Crippen LogP contribution in [0.4, 0.5) is 21.5 Å². The van der Waals surface area contributed by atoms with Gasteiger partial charge in [0.05, 0.1) is 11.5 Å². The van der Waals surface area contributed by atoms with Crippen LogP contribution in [0.5, 0.6) is 0 Å². The maximum absolute atomic E-state index is 13.0. The molecule has 1 N–H and O–H groups in total. The number of nitrogens with zero attached hydrogens (tertiary/aromatic N) is 3. The predicted octanol–water partition coefficient (Wildman–Crippen LogP) is 2.80. The number of hydrogen-bond donors (Lipinski definition) is 1. The largest absolute Gasteiger partial charge is 0.369 e. The highest BCUT2D eigenvalue weighted by Gasteiger charge is 2.21. The number of carbonyl (C=O) groups excluding carboxylic acids is 1. The summed E-state index contributed by atoms with van der Waals surface area (Å²) in [6.07, 6.45) is 0. The molecule has 8 heteroatoms. The van der Waals surface area contributed by atoms with Gasteiger partial charge in [0.25, 0.3) is 5.69 Å². The Balaban J connectivity index is 1.54. The maximum atomic E-state index is 13.0. The zero-order chi connectivity index (χ0) is 19.4. The number of benzene rings is 2. The van der Waals surface area contributed by atoms with Gasteiger partial charge in [-0.1, -0.05) is 6.07 Å². The zero-order valence-electron chi connectivity index (χ0n) is 15.0. The fourth-order valence-corrected chi connectivity index (χ4v) is 3.11. The van der Waals surface area contributed by atoms with Gasteiger partial charge in [-0.2, -0.15) is 0 Å². The second kappa shape index (κ2) is 8.13. The van der Waals surface area contributed by atoms with E-state index in [9.17, 15) is 19.3 Å². The van der Waals surface area contributed by atoms with E-state index >= 15 is 0 Å². The quantitative estimate of drug-likeness (QED) is 0.645. The highest BCUT2D eigenvalue weighted by molar-refractivity contribution is 5.94. The summed E-state index contributed by atoms with van der Waals surface area (Å²) in [4.78, 5) is 27.1. The normalized spacial score (nSPS) is 14.8. The summed E-state index contributed by atoms with van der Waals surface area (Å²) in [5.41, 5.74) is 1.82. The first-order chi connectivity index (χ1) is 12.9. The van der Waals surface area contributed by atoms with Crippen LogP contribution in [0, 0.1) is 22.9 Å². The minimum absolute atomic E-state index is 0.107. The van der Waals surface area contributed by atoms with E-state index in [0.29, 0.717) is 13.1 Å². The Hall–Kier alpha value is -3.00. The Labute approximate surface area is 156 Å². The molecule has 1 aliphatic heterocycles. The summed E-state index contributed by atoms with van der Waals surface area (Å²) in [6, 6.07) is 11.1. The van der Waals surface area contributed by atoms with Crippen LogP contribution in [0.3, 0.4) is 0 Å². The van der Waals surface area contributed by atoms with Gasteiger partial charge in [0, 0.05) is 37.9 Å². The van der Waals surface area contributed by atoms with Crippen LogP contribution in [0.1, 0.15) is 5.56 Å². The van der Waals surface area contributed by atoms with Gasteiger partial charge in [-0.05, 0) is 42.8 Å². The van der Waals surface area contributed by atoms with E-state index in [1.54, 1.807) is 31.2 Å². The summed E-state index contributed by atoms with van der Waals surface area (Å²) in [5, 5.41) is 13.8. The average molecular weight is 372 g/mol. The second-order valence-electron chi connectivity index (χ2n) is 6.57. The van der Waals surface area contributed by atoms with Gasteiger partial charge in [-0.25, -0.2) is 4.39 Å². The third kappa shape index (κ3) is 4.79. The van der Waals surface area contributed by atoms with Crippen molar-refractivity contribution in [2.45, 2.75) is 6.92 Å². The van der Waals surface area contributed by atoms with E-state index in [-0.39, 0.29) is 29.6 Å². The summed E-state index contributed by atoms with van der Waals surface area (Å²) in [7, 11) is 0. The van der Waals surface area contributed by atoms with Crippen LogP contribution < -0.4 is 10.2 Å². The number of amides is 1. The summed E-state index contributed by atoms with van der Waals surface area (Å²) in [6.45, 7) is 4.75. The van der Waals surface area contributed by atoms with Gasteiger partial charge in [-0.3, -0.25) is 19.8 Å². The first-order valence-corrected chi connectivity index (χ1v) is 8.70.